The highest BCUT2D eigenvalue weighted by Crippen LogP contribution is 2.47. The Kier molecular flexibility index (Phi) is 14.8. The van der Waals surface area contributed by atoms with Crippen LogP contribution >= 0.6 is 0 Å². The van der Waals surface area contributed by atoms with Crippen LogP contribution in [0.3, 0.4) is 0 Å². The summed E-state index contributed by atoms with van der Waals surface area (Å²) < 4.78 is 46.9. The molecule has 20 nitrogen and oxygen atoms in total. The molecule has 16 heterocycles. The minimum atomic E-state index is -2.16. The maximum absolute atomic E-state index is 7.69. The Morgan fingerprint density at radius 2 is 0.722 bits per heavy atom. The second-order valence-electron chi connectivity index (χ2n) is 26.3. The molecule has 0 spiro atoms. The third-order valence-electron chi connectivity index (χ3n) is 20.4. The third-order valence-corrected chi connectivity index (χ3v) is 20.4. The van der Waals surface area contributed by atoms with E-state index in [1.54, 1.807) is 31.0 Å². The SMILES string of the molecule is CC1=Cc2oc3ncccc3c2N(C)B1N1C=CN(C)[C@@H]1C.CC1=Cc2oc3ncccc3c2N(C)B1N1C=CN(c2ccccc2)[C@@H]1C.CC1=Cc2oc3ncccc3c2N(C)B1N1c2ccccc2N(C)[C@@H]1C.[2H]C([2H])([2H])N1C=CN(B2C(C)=Cc3oc4ncccc4c3N2C)[C@H]1C. The van der Waals surface area contributed by atoms with Crippen LogP contribution in [-0.2, 0) is 0 Å². The summed E-state index contributed by atoms with van der Waals surface area (Å²) in [4.78, 5) is 44.0. The van der Waals surface area contributed by atoms with Crippen molar-refractivity contribution in [3.05, 3.63) is 210 Å². The monoisotopic (exact) mass is 1290 g/mol. The van der Waals surface area contributed by atoms with E-state index in [-0.39, 0.29) is 46.4 Å². The lowest BCUT2D eigenvalue weighted by atomic mass is 9.61. The van der Waals surface area contributed by atoms with Crippen molar-refractivity contribution in [1.29, 1.82) is 0 Å². The molecule has 8 aliphatic rings. The fourth-order valence-electron chi connectivity index (χ4n) is 15.5. The fraction of sp³-hybridized carbons (Fsp3) is 0.260. The molecule has 0 saturated heterocycles. The molecule has 97 heavy (non-hydrogen) atoms. The molecular formula is C73H80B4N16O4. The quantitative estimate of drug-likeness (QED) is 0.151. The number of allylic oxidation sites excluding steroid dienone is 4. The molecule has 0 radical (unpaired) electrons. The van der Waals surface area contributed by atoms with E-state index < -0.39 is 6.98 Å². The fourth-order valence-corrected chi connectivity index (χ4v) is 15.5. The van der Waals surface area contributed by atoms with E-state index in [1.165, 1.54) is 38.4 Å². The first kappa shape index (κ1) is 58.8. The van der Waals surface area contributed by atoms with Gasteiger partial charge in [-0.25, -0.2) is 19.9 Å². The maximum atomic E-state index is 7.69. The largest absolute Gasteiger partial charge is 0.436 e. The van der Waals surface area contributed by atoms with Gasteiger partial charge in [-0.1, -0.05) is 52.2 Å². The van der Waals surface area contributed by atoms with E-state index in [0.717, 1.165) is 72.8 Å². The molecule has 0 amide bonds. The van der Waals surface area contributed by atoms with Crippen LogP contribution in [0.2, 0.25) is 0 Å². The zero-order valence-electron chi connectivity index (χ0n) is 60.3. The summed E-state index contributed by atoms with van der Waals surface area (Å²) in [5, 5.41) is 4.14. The Labute approximate surface area is 572 Å². The van der Waals surface area contributed by atoms with Gasteiger partial charge >= 0.3 is 27.9 Å². The van der Waals surface area contributed by atoms with E-state index in [1.807, 2.05) is 69.6 Å². The van der Waals surface area contributed by atoms with Gasteiger partial charge in [0.05, 0.1) is 80.3 Å². The van der Waals surface area contributed by atoms with Gasteiger partial charge in [-0.05, 0) is 181 Å². The van der Waals surface area contributed by atoms with Gasteiger partial charge in [-0.2, -0.15) is 0 Å². The molecule has 2 aromatic carbocycles. The first-order chi connectivity index (χ1) is 48.1. The van der Waals surface area contributed by atoms with Crippen LogP contribution in [0.25, 0.3) is 68.7 Å². The van der Waals surface area contributed by atoms with Crippen molar-refractivity contribution in [3.8, 4) is 0 Å². The smallest absolute Gasteiger partial charge is 0.408 e. The van der Waals surface area contributed by atoms with Crippen LogP contribution in [0.1, 0.15) is 82.5 Å². The van der Waals surface area contributed by atoms with Crippen molar-refractivity contribution in [3.63, 3.8) is 0 Å². The Bertz CT molecular complexity index is 5030. The summed E-state index contributed by atoms with van der Waals surface area (Å²) in [7, 11) is 12.7. The average Bonchev–Trinajstić information content (AvgIpc) is 1.58. The number of nitrogens with zero attached hydrogens (tertiary/aromatic N) is 16. The summed E-state index contributed by atoms with van der Waals surface area (Å²) in [6, 6.07) is 35.1. The highest BCUT2D eigenvalue weighted by atomic mass is 16.4. The minimum absolute atomic E-state index is 0.0906. The van der Waals surface area contributed by atoms with Crippen molar-refractivity contribution in [2.24, 2.45) is 0 Å². The van der Waals surface area contributed by atoms with Crippen molar-refractivity contribution >= 4 is 136 Å². The summed E-state index contributed by atoms with van der Waals surface area (Å²) in [5.74, 6) is 3.46. The molecule has 0 bridgehead atoms. The number of rotatable bonds is 5. The lowest BCUT2D eigenvalue weighted by molar-refractivity contribution is 0.272. The highest BCUT2D eigenvalue weighted by Gasteiger charge is 2.47. The van der Waals surface area contributed by atoms with Gasteiger partial charge in [0.25, 0.3) is 0 Å². The van der Waals surface area contributed by atoms with Gasteiger partial charge in [-0.3, -0.25) is 0 Å². The number of benzene rings is 2. The lowest BCUT2D eigenvalue weighted by Crippen LogP contribution is -2.58. The predicted molar refractivity (Wildman–Crippen MR) is 400 cm³/mol. The summed E-state index contributed by atoms with van der Waals surface area (Å²) in [5.41, 5.74) is 15.6. The van der Waals surface area contributed by atoms with E-state index >= 15 is 0 Å². The Morgan fingerprint density at radius 3 is 1.11 bits per heavy atom. The lowest BCUT2D eigenvalue weighted by Gasteiger charge is -2.40. The zero-order valence-corrected chi connectivity index (χ0v) is 57.3. The van der Waals surface area contributed by atoms with Crippen LogP contribution in [0.5, 0.6) is 0 Å². The summed E-state index contributed by atoms with van der Waals surface area (Å²) in [6.45, 7) is 15.3. The maximum Gasteiger partial charge on any atom is 0.408 e. The number of hydrogen-bond donors (Lipinski definition) is 0. The molecule has 18 rings (SSSR count). The van der Waals surface area contributed by atoms with E-state index in [2.05, 4.69) is 260 Å². The first-order valence-electron chi connectivity index (χ1n) is 34.5. The molecule has 488 valence electrons. The van der Waals surface area contributed by atoms with Gasteiger partial charge in [0.1, 0.15) is 0 Å². The van der Waals surface area contributed by atoms with Crippen molar-refractivity contribution < 1.29 is 21.8 Å². The predicted octanol–water partition coefficient (Wildman–Crippen LogP) is 13.9. The topological polar surface area (TPSA) is 143 Å². The van der Waals surface area contributed by atoms with Crippen LogP contribution < -0.4 is 33.9 Å². The number of pyridine rings is 4. The second kappa shape index (κ2) is 24.5. The molecule has 8 aromatic heterocycles. The summed E-state index contributed by atoms with van der Waals surface area (Å²) >= 11 is 0. The van der Waals surface area contributed by atoms with E-state index in [9.17, 15) is 0 Å². The molecule has 4 atom stereocenters. The van der Waals surface area contributed by atoms with Crippen LogP contribution in [0.4, 0.5) is 39.8 Å². The van der Waals surface area contributed by atoms with Crippen molar-refractivity contribution in [2.75, 3.05) is 83.1 Å². The molecule has 10 aromatic rings. The van der Waals surface area contributed by atoms with Gasteiger partial charge < -0.3 is 75.8 Å². The number of furan rings is 4. The van der Waals surface area contributed by atoms with E-state index in [4.69, 9.17) is 21.8 Å². The number of aromatic nitrogens is 4. The van der Waals surface area contributed by atoms with Crippen molar-refractivity contribution in [1.82, 2.24) is 44.2 Å². The molecule has 0 aliphatic carbocycles. The molecular weight excluding hydrogens is 1210 g/mol. The number of para-hydroxylation sites is 3. The van der Waals surface area contributed by atoms with Gasteiger partial charge in [0.15, 0.2) is 23.0 Å². The molecule has 0 saturated carbocycles. The summed E-state index contributed by atoms with van der Waals surface area (Å²) in [6.07, 6.45) is 28.1. The third kappa shape index (κ3) is 10.3. The van der Waals surface area contributed by atoms with E-state index in [0.29, 0.717) is 29.0 Å². The van der Waals surface area contributed by atoms with Crippen molar-refractivity contribution in [2.45, 2.75) is 80.1 Å². The molecule has 0 N–H and O–H groups in total. The minimum Gasteiger partial charge on any atom is -0.436 e. The molecule has 8 aliphatic heterocycles. The molecule has 24 heteroatoms. The van der Waals surface area contributed by atoms with Gasteiger partial charge in [-0.15, -0.1) is 0 Å². The van der Waals surface area contributed by atoms with Gasteiger partial charge in [0.2, 0.25) is 22.9 Å². The zero-order chi connectivity index (χ0) is 69.9. The normalized spacial score (nSPS) is 20.5. The van der Waals surface area contributed by atoms with Crippen LogP contribution in [-0.4, -0.2) is 146 Å². The average molecular weight is 1290 g/mol. The molecule has 0 fully saturated rings. The Balaban J connectivity index is 0.000000109. The van der Waals surface area contributed by atoms with Gasteiger partial charge in [0, 0.05) is 92.9 Å². The number of fused-ring (bicyclic) bond motifs is 13. The number of hydrogen-bond acceptors (Lipinski definition) is 20. The highest BCUT2D eigenvalue weighted by molar-refractivity contribution is 6.76. The standard InChI is InChI=1S/C21H21BN4O.C20H21BN4O.2C16H19BN4O/c1-15-14-19-20(18-10-7-11-23-21(18)27-19)24(3)22(15)26-13-12-25(16(26)2)17-8-5-4-6-9-17;1-13-12-18-19(15-8-7-11-22-20(15)26-18)24(4)21(13)25-14(2)23(3)16-9-5-6-10-17(16)25;2*1-11-10-14-15(13-6-5-7-18-16(13)22-14)20(4)17(11)21-9-8-19(3)12(21)2/h4-14,16H,1-3H3;5-12,14H,1-4H3;2*5-10,12H,1-4H3/t16-;14-;2*12-/m0000/s1/i;;3D3;. The Morgan fingerprint density at radius 1 is 0.371 bits per heavy atom. The van der Waals surface area contributed by atoms with Crippen LogP contribution in [0, 0.1) is 0 Å². The second-order valence-corrected chi connectivity index (χ2v) is 26.3. The first-order valence-corrected chi connectivity index (χ1v) is 33.0. The Hall–Kier alpha value is -10.8. The number of anilines is 7. The van der Waals surface area contributed by atoms with Crippen LogP contribution in [0.15, 0.2) is 205 Å². The molecule has 0 unspecified atom stereocenters.